The SMILES string of the molecule is COc1cc(CNc2cc(NC3CC3)n3nccc3n2)cc(OC)c1. The molecule has 7 nitrogen and oxygen atoms in total. The molecule has 0 radical (unpaired) electrons. The smallest absolute Gasteiger partial charge is 0.159 e. The first-order valence-electron chi connectivity index (χ1n) is 8.32. The second kappa shape index (κ2) is 6.51. The summed E-state index contributed by atoms with van der Waals surface area (Å²) in [7, 11) is 3.30. The molecular weight excluding hydrogens is 318 g/mol. The number of hydrogen-bond acceptors (Lipinski definition) is 6. The van der Waals surface area contributed by atoms with Crippen LogP contribution in [0.3, 0.4) is 0 Å². The third-order valence-corrected chi connectivity index (χ3v) is 4.17. The monoisotopic (exact) mass is 339 g/mol. The van der Waals surface area contributed by atoms with E-state index in [1.165, 1.54) is 12.8 Å². The lowest BCUT2D eigenvalue weighted by Crippen LogP contribution is -2.10. The molecule has 0 saturated heterocycles. The molecule has 0 aliphatic heterocycles. The van der Waals surface area contributed by atoms with Gasteiger partial charge in [-0.3, -0.25) is 0 Å². The molecule has 2 aromatic heterocycles. The lowest BCUT2D eigenvalue weighted by atomic mass is 10.2. The van der Waals surface area contributed by atoms with Gasteiger partial charge in [-0.15, -0.1) is 0 Å². The van der Waals surface area contributed by atoms with Crippen molar-refractivity contribution in [3.8, 4) is 11.5 Å². The Kier molecular flexibility index (Phi) is 4.05. The van der Waals surface area contributed by atoms with Crippen LogP contribution in [-0.2, 0) is 6.54 Å². The van der Waals surface area contributed by atoms with E-state index in [2.05, 4.69) is 20.7 Å². The highest BCUT2D eigenvalue weighted by atomic mass is 16.5. The van der Waals surface area contributed by atoms with Gasteiger partial charge < -0.3 is 20.1 Å². The molecule has 1 fully saturated rings. The minimum absolute atomic E-state index is 0.547. The van der Waals surface area contributed by atoms with Gasteiger partial charge in [0.15, 0.2) is 5.65 Å². The molecule has 1 saturated carbocycles. The van der Waals surface area contributed by atoms with Gasteiger partial charge in [-0.1, -0.05) is 0 Å². The normalized spacial score (nSPS) is 13.7. The number of rotatable bonds is 7. The number of methoxy groups -OCH3 is 2. The summed E-state index contributed by atoms with van der Waals surface area (Å²) in [5, 5.41) is 11.2. The molecule has 1 aliphatic rings. The highest BCUT2D eigenvalue weighted by molar-refractivity contribution is 5.57. The van der Waals surface area contributed by atoms with Crippen LogP contribution < -0.4 is 20.1 Å². The van der Waals surface area contributed by atoms with Crippen molar-refractivity contribution < 1.29 is 9.47 Å². The van der Waals surface area contributed by atoms with Gasteiger partial charge >= 0.3 is 0 Å². The Labute approximate surface area is 146 Å². The van der Waals surface area contributed by atoms with E-state index >= 15 is 0 Å². The van der Waals surface area contributed by atoms with E-state index in [4.69, 9.17) is 9.47 Å². The molecular formula is C18H21N5O2. The summed E-state index contributed by atoms with van der Waals surface area (Å²) < 4.78 is 12.5. The zero-order valence-electron chi connectivity index (χ0n) is 14.3. The maximum Gasteiger partial charge on any atom is 0.159 e. The van der Waals surface area contributed by atoms with E-state index in [1.807, 2.05) is 34.8 Å². The average Bonchev–Trinajstić information content (AvgIpc) is 3.32. The van der Waals surface area contributed by atoms with Crippen LogP contribution in [0.5, 0.6) is 11.5 Å². The number of aromatic nitrogens is 3. The number of nitrogens with one attached hydrogen (secondary N) is 2. The molecule has 0 spiro atoms. The fourth-order valence-corrected chi connectivity index (χ4v) is 2.70. The number of anilines is 2. The van der Waals surface area contributed by atoms with Crippen LogP contribution in [0.4, 0.5) is 11.6 Å². The fraction of sp³-hybridized carbons (Fsp3) is 0.333. The van der Waals surface area contributed by atoms with Gasteiger partial charge in [0.05, 0.1) is 20.4 Å². The molecule has 2 N–H and O–H groups in total. The molecule has 0 atom stereocenters. The van der Waals surface area contributed by atoms with E-state index < -0.39 is 0 Å². The van der Waals surface area contributed by atoms with Crippen LogP contribution in [0.15, 0.2) is 36.5 Å². The van der Waals surface area contributed by atoms with Gasteiger partial charge in [-0.2, -0.15) is 9.61 Å². The first-order valence-corrected chi connectivity index (χ1v) is 8.32. The van der Waals surface area contributed by atoms with Crippen LogP contribution in [0.25, 0.3) is 5.65 Å². The number of nitrogens with zero attached hydrogens (tertiary/aromatic N) is 3. The van der Waals surface area contributed by atoms with Gasteiger partial charge in [-0.05, 0) is 30.5 Å². The third-order valence-electron chi connectivity index (χ3n) is 4.17. The number of benzene rings is 1. The third kappa shape index (κ3) is 3.45. The zero-order chi connectivity index (χ0) is 17.2. The summed E-state index contributed by atoms with van der Waals surface area (Å²) in [6.07, 6.45) is 4.17. The quantitative estimate of drug-likeness (QED) is 0.689. The minimum Gasteiger partial charge on any atom is -0.497 e. The fourth-order valence-electron chi connectivity index (χ4n) is 2.70. The van der Waals surface area contributed by atoms with Crippen LogP contribution in [0, 0.1) is 0 Å². The summed E-state index contributed by atoms with van der Waals surface area (Å²) in [4.78, 5) is 4.61. The van der Waals surface area contributed by atoms with Crippen molar-refractivity contribution in [2.75, 3.05) is 24.9 Å². The van der Waals surface area contributed by atoms with Gasteiger partial charge in [0, 0.05) is 30.8 Å². The lowest BCUT2D eigenvalue weighted by Gasteiger charge is -2.12. The molecule has 0 unspecified atom stereocenters. The van der Waals surface area contributed by atoms with Crippen molar-refractivity contribution in [3.05, 3.63) is 42.1 Å². The van der Waals surface area contributed by atoms with Crippen molar-refractivity contribution in [3.63, 3.8) is 0 Å². The Balaban J connectivity index is 1.56. The standard InChI is InChI=1S/C18H21N5O2/c1-24-14-7-12(8-15(9-14)25-2)11-19-16-10-18(21-13-3-4-13)23-17(22-16)5-6-20-23/h5-10,13,21H,3-4,11H2,1-2H3,(H,19,22). The predicted octanol–water partition coefficient (Wildman–Crippen LogP) is 2.93. The Morgan fingerprint density at radius 2 is 1.88 bits per heavy atom. The maximum absolute atomic E-state index is 5.32. The van der Waals surface area contributed by atoms with Crippen molar-refractivity contribution in [1.29, 1.82) is 0 Å². The molecule has 1 aromatic carbocycles. The van der Waals surface area contributed by atoms with E-state index in [9.17, 15) is 0 Å². The largest absolute Gasteiger partial charge is 0.497 e. The molecule has 4 rings (SSSR count). The minimum atomic E-state index is 0.547. The molecule has 3 aromatic rings. The van der Waals surface area contributed by atoms with Gasteiger partial charge in [0.25, 0.3) is 0 Å². The Morgan fingerprint density at radius 3 is 2.56 bits per heavy atom. The molecule has 0 bridgehead atoms. The van der Waals surface area contributed by atoms with Gasteiger partial charge in [0.2, 0.25) is 0 Å². The Bertz CT molecular complexity index is 866. The first-order chi connectivity index (χ1) is 12.2. The van der Waals surface area contributed by atoms with Crippen LogP contribution in [0.1, 0.15) is 18.4 Å². The van der Waals surface area contributed by atoms with E-state index in [0.29, 0.717) is 12.6 Å². The average molecular weight is 339 g/mol. The molecule has 7 heteroatoms. The second-order valence-corrected chi connectivity index (χ2v) is 6.12. The molecule has 130 valence electrons. The molecule has 0 amide bonds. The number of hydrogen-bond donors (Lipinski definition) is 2. The van der Waals surface area contributed by atoms with Crippen LogP contribution in [0.2, 0.25) is 0 Å². The van der Waals surface area contributed by atoms with Gasteiger partial charge in [-0.25, -0.2) is 4.98 Å². The Morgan fingerprint density at radius 1 is 1.12 bits per heavy atom. The second-order valence-electron chi connectivity index (χ2n) is 6.12. The lowest BCUT2D eigenvalue weighted by molar-refractivity contribution is 0.393. The summed E-state index contributed by atoms with van der Waals surface area (Å²) >= 11 is 0. The van der Waals surface area contributed by atoms with Crippen molar-refractivity contribution in [1.82, 2.24) is 14.6 Å². The molecule has 2 heterocycles. The topological polar surface area (TPSA) is 72.7 Å². The van der Waals surface area contributed by atoms with Crippen LogP contribution in [-0.4, -0.2) is 34.9 Å². The number of ether oxygens (including phenoxy) is 2. The van der Waals surface area contributed by atoms with Crippen molar-refractivity contribution in [2.24, 2.45) is 0 Å². The van der Waals surface area contributed by atoms with E-state index in [1.54, 1.807) is 20.4 Å². The summed E-state index contributed by atoms with van der Waals surface area (Å²) in [6, 6.07) is 10.3. The first kappa shape index (κ1) is 15.6. The Hall–Kier alpha value is -2.96. The van der Waals surface area contributed by atoms with Crippen molar-refractivity contribution >= 4 is 17.3 Å². The summed E-state index contributed by atoms with van der Waals surface area (Å²) in [5.41, 5.74) is 1.87. The van der Waals surface area contributed by atoms with Crippen molar-refractivity contribution in [2.45, 2.75) is 25.4 Å². The highest BCUT2D eigenvalue weighted by Crippen LogP contribution is 2.27. The van der Waals surface area contributed by atoms with Gasteiger partial charge in [0.1, 0.15) is 23.1 Å². The summed E-state index contributed by atoms with van der Waals surface area (Å²) in [5.74, 6) is 3.30. The van der Waals surface area contributed by atoms with Crippen LogP contribution >= 0.6 is 0 Å². The highest BCUT2D eigenvalue weighted by Gasteiger charge is 2.22. The van der Waals surface area contributed by atoms with E-state index in [-0.39, 0.29) is 0 Å². The zero-order valence-corrected chi connectivity index (χ0v) is 14.3. The van der Waals surface area contributed by atoms with E-state index in [0.717, 1.165) is 34.3 Å². The summed E-state index contributed by atoms with van der Waals surface area (Å²) in [6.45, 7) is 0.619. The molecule has 1 aliphatic carbocycles. The number of fused-ring (bicyclic) bond motifs is 1. The molecule has 25 heavy (non-hydrogen) atoms. The predicted molar refractivity (Wildman–Crippen MR) is 96.5 cm³/mol. The maximum atomic E-state index is 5.32.